The van der Waals surface area contributed by atoms with Crippen LogP contribution in [-0.4, -0.2) is 43.7 Å². The lowest BCUT2D eigenvalue weighted by molar-refractivity contribution is -0.127. The lowest BCUT2D eigenvalue weighted by Gasteiger charge is -2.29. The van der Waals surface area contributed by atoms with Crippen LogP contribution in [0.25, 0.3) is 0 Å². The summed E-state index contributed by atoms with van der Waals surface area (Å²) in [6, 6.07) is 8.16. The van der Waals surface area contributed by atoms with Crippen LogP contribution in [-0.2, 0) is 27.3 Å². The maximum absolute atomic E-state index is 12.6. The summed E-state index contributed by atoms with van der Waals surface area (Å²) < 4.78 is 5.57. The van der Waals surface area contributed by atoms with Gasteiger partial charge in [0.25, 0.3) is 0 Å². The maximum Gasteiger partial charge on any atom is 0.237 e. The van der Waals surface area contributed by atoms with Crippen LogP contribution >= 0.6 is 0 Å². The molecule has 0 unspecified atom stereocenters. The molecule has 2 amide bonds. The third-order valence-electron chi connectivity index (χ3n) is 6.71. The highest BCUT2D eigenvalue weighted by molar-refractivity contribution is 5.82. The highest BCUT2D eigenvalue weighted by Crippen LogP contribution is 2.28. The van der Waals surface area contributed by atoms with Crippen molar-refractivity contribution in [2.75, 3.05) is 19.7 Å². The van der Waals surface area contributed by atoms with Gasteiger partial charge in [-0.2, -0.15) is 0 Å². The van der Waals surface area contributed by atoms with Gasteiger partial charge in [-0.15, -0.1) is 0 Å². The van der Waals surface area contributed by atoms with Crippen LogP contribution in [0.5, 0.6) is 0 Å². The fraction of sp³-hybridized carbons (Fsp3) is 0.652. The Morgan fingerprint density at radius 2 is 1.72 bits per heavy atom. The Morgan fingerprint density at radius 3 is 2.48 bits per heavy atom. The number of hydrogen-bond donors (Lipinski definition) is 3. The number of nitrogens with one attached hydrogen (secondary N) is 3. The molecule has 2 heterocycles. The summed E-state index contributed by atoms with van der Waals surface area (Å²) in [5, 5.41) is 9.56. The number of carbonyl (C=O) groups excluding carboxylic acids is 2. The average Bonchev–Trinajstić information content (AvgIpc) is 3.29. The van der Waals surface area contributed by atoms with E-state index < -0.39 is 0 Å². The standard InChI is InChI=1S/C23H33N3O3/c27-22(26-15-20-6-3-11-29-20)17-9-7-16(8-10-17)13-25-23(28)21-12-18-4-1-2-5-19(18)14-24-21/h1-2,4-5,16-17,20-21,24H,3,6-15H2,(H,25,28)(H,26,27)/t16?,17?,20-,21+/m1/s1. The average molecular weight is 400 g/mol. The summed E-state index contributed by atoms with van der Waals surface area (Å²) in [7, 11) is 0. The van der Waals surface area contributed by atoms with Gasteiger partial charge < -0.3 is 20.7 Å². The van der Waals surface area contributed by atoms with Crippen molar-refractivity contribution >= 4 is 11.8 Å². The second-order valence-corrected chi connectivity index (χ2v) is 8.75. The first-order chi connectivity index (χ1) is 14.2. The first-order valence-electron chi connectivity index (χ1n) is 11.2. The molecule has 0 aromatic heterocycles. The molecule has 6 nitrogen and oxygen atoms in total. The molecular weight excluding hydrogens is 366 g/mol. The van der Waals surface area contributed by atoms with Crippen LogP contribution in [0.4, 0.5) is 0 Å². The van der Waals surface area contributed by atoms with E-state index in [-0.39, 0.29) is 29.9 Å². The van der Waals surface area contributed by atoms with Gasteiger partial charge in [-0.3, -0.25) is 9.59 Å². The van der Waals surface area contributed by atoms with Crippen LogP contribution in [0.3, 0.4) is 0 Å². The topological polar surface area (TPSA) is 79.5 Å². The summed E-state index contributed by atoms with van der Waals surface area (Å²) in [4.78, 5) is 25.0. The predicted octanol–water partition coefficient (Wildman–Crippen LogP) is 1.92. The van der Waals surface area contributed by atoms with E-state index >= 15 is 0 Å². The first kappa shape index (κ1) is 20.4. The lowest BCUT2D eigenvalue weighted by atomic mass is 9.81. The third kappa shape index (κ3) is 5.37. The van der Waals surface area contributed by atoms with Crippen LogP contribution in [0.15, 0.2) is 24.3 Å². The smallest absolute Gasteiger partial charge is 0.237 e. The van der Waals surface area contributed by atoms with Crippen LogP contribution < -0.4 is 16.0 Å². The largest absolute Gasteiger partial charge is 0.376 e. The number of ether oxygens (including phenoxy) is 1. The molecule has 0 spiro atoms. The molecular formula is C23H33N3O3. The van der Waals surface area contributed by atoms with Crippen molar-refractivity contribution in [1.82, 2.24) is 16.0 Å². The Bertz CT molecular complexity index is 709. The van der Waals surface area contributed by atoms with Crippen molar-refractivity contribution < 1.29 is 14.3 Å². The Morgan fingerprint density at radius 1 is 0.966 bits per heavy atom. The van der Waals surface area contributed by atoms with E-state index in [1.54, 1.807) is 0 Å². The normalized spacial score (nSPS) is 29.1. The molecule has 1 aromatic rings. The molecule has 3 N–H and O–H groups in total. The molecule has 2 fully saturated rings. The van der Waals surface area contributed by atoms with Crippen LogP contribution in [0.2, 0.25) is 0 Å². The zero-order valence-electron chi connectivity index (χ0n) is 17.1. The van der Waals surface area contributed by atoms with Crippen molar-refractivity contribution in [1.29, 1.82) is 0 Å². The van der Waals surface area contributed by atoms with E-state index in [1.165, 1.54) is 11.1 Å². The van der Waals surface area contributed by atoms with Gasteiger partial charge in [-0.1, -0.05) is 24.3 Å². The monoisotopic (exact) mass is 399 g/mol. The summed E-state index contributed by atoms with van der Waals surface area (Å²) in [6.07, 6.45) is 6.91. The van der Waals surface area contributed by atoms with Gasteiger partial charge in [-0.25, -0.2) is 0 Å². The molecule has 0 bridgehead atoms. The zero-order chi connectivity index (χ0) is 20.1. The summed E-state index contributed by atoms with van der Waals surface area (Å²) in [6.45, 7) is 2.93. The third-order valence-corrected chi connectivity index (χ3v) is 6.71. The Balaban J connectivity index is 1.14. The molecule has 1 saturated carbocycles. The minimum absolute atomic E-state index is 0.0935. The summed E-state index contributed by atoms with van der Waals surface area (Å²) in [5.74, 6) is 0.848. The van der Waals surface area contributed by atoms with E-state index in [1.807, 2.05) is 12.1 Å². The van der Waals surface area contributed by atoms with Crippen molar-refractivity contribution in [2.45, 2.75) is 63.6 Å². The molecule has 1 aromatic carbocycles. The highest BCUT2D eigenvalue weighted by Gasteiger charge is 2.29. The second kappa shape index (κ2) is 9.72. The number of fused-ring (bicyclic) bond motifs is 1. The molecule has 2 aliphatic heterocycles. The van der Waals surface area contributed by atoms with Gasteiger partial charge in [0.1, 0.15) is 0 Å². The number of amides is 2. The van der Waals surface area contributed by atoms with E-state index in [0.717, 1.165) is 58.1 Å². The molecule has 1 saturated heterocycles. The van der Waals surface area contributed by atoms with E-state index in [4.69, 9.17) is 4.74 Å². The van der Waals surface area contributed by atoms with E-state index in [9.17, 15) is 9.59 Å². The van der Waals surface area contributed by atoms with Crippen molar-refractivity contribution in [3.63, 3.8) is 0 Å². The molecule has 3 aliphatic rings. The number of hydrogen-bond acceptors (Lipinski definition) is 4. The number of rotatable bonds is 6. The van der Waals surface area contributed by atoms with E-state index in [0.29, 0.717) is 19.0 Å². The van der Waals surface area contributed by atoms with Gasteiger partial charge in [0.2, 0.25) is 11.8 Å². The van der Waals surface area contributed by atoms with Crippen molar-refractivity contribution in [2.24, 2.45) is 11.8 Å². The Kier molecular flexibility index (Phi) is 6.82. The molecule has 158 valence electrons. The molecule has 6 heteroatoms. The van der Waals surface area contributed by atoms with Crippen molar-refractivity contribution in [3.05, 3.63) is 35.4 Å². The van der Waals surface area contributed by atoms with Crippen molar-refractivity contribution in [3.8, 4) is 0 Å². The number of benzene rings is 1. The second-order valence-electron chi connectivity index (χ2n) is 8.75. The van der Waals surface area contributed by atoms with Crippen LogP contribution in [0.1, 0.15) is 49.7 Å². The SMILES string of the molecule is O=C(NC[C@H]1CCCO1)C1CCC(CNC(=O)[C@@H]2Cc3ccccc3CN2)CC1. The van der Waals surface area contributed by atoms with Gasteiger partial charge in [0.15, 0.2) is 0 Å². The number of carbonyl (C=O) groups is 2. The Hall–Kier alpha value is -1.92. The summed E-state index contributed by atoms with van der Waals surface area (Å²) in [5.41, 5.74) is 2.55. The molecule has 0 radical (unpaired) electrons. The lowest BCUT2D eigenvalue weighted by Crippen LogP contribution is -2.48. The fourth-order valence-corrected chi connectivity index (χ4v) is 4.80. The van der Waals surface area contributed by atoms with Crippen LogP contribution in [0, 0.1) is 11.8 Å². The zero-order valence-corrected chi connectivity index (χ0v) is 17.1. The first-order valence-corrected chi connectivity index (χ1v) is 11.2. The maximum atomic E-state index is 12.6. The quantitative estimate of drug-likeness (QED) is 0.683. The summed E-state index contributed by atoms with van der Waals surface area (Å²) >= 11 is 0. The van der Waals surface area contributed by atoms with Gasteiger partial charge in [-0.05, 0) is 62.0 Å². The minimum Gasteiger partial charge on any atom is -0.376 e. The Labute approximate surface area is 173 Å². The van der Waals surface area contributed by atoms with E-state index in [2.05, 4.69) is 28.1 Å². The minimum atomic E-state index is -0.148. The van der Waals surface area contributed by atoms with Gasteiger partial charge >= 0.3 is 0 Å². The molecule has 4 rings (SSSR count). The molecule has 29 heavy (non-hydrogen) atoms. The van der Waals surface area contributed by atoms with Gasteiger partial charge in [0, 0.05) is 32.2 Å². The predicted molar refractivity (Wildman–Crippen MR) is 111 cm³/mol. The molecule has 2 atom stereocenters. The molecule has 1 aliphatic carbocycles. The highest BCUT2D eigenvalue weighted by atomic mass is 16.5. The fourth-order valence-electron chi connectivity index (χ4n) is 4.80. The van der Waals surface area contributed by atoms with Gasteiger partial charge in [0.05, 0.1) is 12.1 Å².